The van der Waals surface area contributed by atoms with E-state index in [9.17, 15) is 15.0 Å². The summed E-state index contributed by atoms with van der Waals surface area (Å²) in [4.78, 5) is 12.5. The van der Waals surface area contributed by atoms with E-state index in [0.29, 0.717) is 6.42 Å². The minimum absolute atomic E-state index is 0.0561. The minimum Gasteiger partial charge on any atom is -0.394 e. The summed E-state index contributed by atoms with van der Waals surface area (Å²) in [5.41, 5.74) is 0. The van der Waals surface area contributed by atoms with Crippen molar-refractivity contribution in [3.8, 4) is 0 Å². The lowest BCUT2D eigenvalue weighted by molar-refractivity contribution is -0.123. The van der Waals surface area contributed by atoms with Gasteiger partial charge in [0, 0.05) is 6.42 Å². The molecule has 1 amide bonds. The fourth-order valence-corrected chi connectivity index (χ4v) is 11.1. The van der Waals surface area contributed by atoms with Crippen molar-refractivity contribution in [2.75, 3.05) is 6.61 Å². The Hall–Kier alpha value is -1.39. The van der Waals surface area contributed by atoms with Gasteiger partial charge in [0.15, 0.2) is 0 Å². The molecule has 0 bridgehead atoms. The van der Waals surface area contributed by atoms with Crippen LogP contribution in [0.4, 0.5) is 0 Å². The van der Waals surface area contributed by atoms with Gasteiger partial charge in [-0.1, -0.05) is 371 Å². The van der Waals surface area contributed by atoms with Gasteiger partial charge in [0.2, 0.25) is 5.91 Å². The van der Waals surface area contributed by atoms with E-state index >= 15 is 0 Å². The van der Waals surface area contributed by atoms with E-state index in [1.165, 1.54) is 340 Å². The first-order valence-corrected chi connectivity index (χ1v) is 34.7. The second-order valence-corrected chi connectivity index (χ2v) is 24.0. The summed E-state index contributed by atoms with van der Waals surface area (Å²) in [6, 6.07) is -0.623. The molecule has 0 radical (unpaired) electrons. The quantitative estimate of drug-likeness (QED) is 0.0420. The fraction of sp³-hybridized carbons (Fsp3) is 0.901. The molecule has 0 saturated carbocycles. The van der Waals surface area contributed by atoms with Crippen molar-refractivity contribution in [1.29, 1.82) is 0 Å². The Labute approximate surface area is 472 Å². The van der Waals surface area contributed by atoms with Crippen LogP contribution < -0.4 is 5.32 Å². The van der Waals surface area contributed by atoms with Gasteiger partial charge in [-0.15, -0.1) is 0 Å². The van der Waals surface area contributed by atoms with Crippen LogP contribution in [0.3, 0.4) is 0 Å². The number of aliphatic hydroxyl groups is 2. The van der Waals surface area contributed by atoms with Crippen molar-refractivity contribution < 1.29 is 15.0 Å². The molecule has 0 spiro atoms. The van der Waals surface area contributed by atoms with Crippen LogP contribution in [0.2, 0.25) is 0 Å². The number of carbonyl (C=O) groups excluding carboxylic acids is 1. The zero-order valence-corrected chi connectivity index (χ0v) is 51.3. The molecule has 0 aromatic heterocycles. The smallest absolute Gasteiger partial charge is 0.220 e. The van der Waals surface area contributed by atoms with E-state index in [-0.39, 0.29) is 12.5 Å². The molecule has 444 valence electrons. The van der Waals surface area contributed by atoms with E-state index in [1.807, 2.05) is 6.08 Å². The molecular formula is C71H137NO3. The van der Waals surface area contributed by atoms with Crippen LogP contribution >= 0.6 is 0 Å². The summed E-state index contributed by atoms with van der Waals surface area (Å²) >= 11 is 0. The van der Waals surface area contributed by atoms with Crippen molar-refractivity contribution in [2.24, 2.45) is 0 Å². The third-order valence-corrected chi connectivity index (χ3v) is 16.4. The first kappa shape index (κ1) is 73.6. The number of rotatable bonds is 65. The maximum Gasteiger partial charge on any atom is 0.220 e. The van der Waals surface area contributed by atoms with Crippen molar-refractivity contribution in [2.45, 2.75) is 405 Å². The summed E-state index contributed by atoms with van der Waals surface area (Å²) in [6.45, 7) is 4.35. The normalized spacial score (nSPS) is 12.9. The Morgan fingerprint density at radius 3 is 0.800 bits per heavy atom. The molecule has 3 N–H and O–H groups in total. The molecule has 0 aliphatic carbocycles. The van der Waals surface area contributed by atoms with E-state index in [0.717, 1.165) is 32.1 Å². The topological polar surface area (TPSA) is 69.6 Å². The molecule has 75 heavy (non-hydrogen) atoms. The average molecular weight is 1050 g/mol. The van der Waals surface area contributed by atoms with Crippen LogP contribution in [0.25, 0.3) is 0 Å². The molecule has 0 aliphatic heterocycles. The Morgan fingerprint density at radius 1 is 0.320 bits per heavy atom. The lowest BCUT2D eigenvalue weighted by Gasteiger charge is -2.20. The molecule has 0 aromatic carbocycles. The molecule has 2 unspecified atom stereocenters. The minimum atomic E-state index is -0.840. The highest BCUT2D eigenvalue weighted by atomic mass is 16.3. The van der Waals surface area contributed by atoms with Crippen LogP contribution in [0.15, 0.2) is 36.5 Å². The highest BCUT2D eigenvalue weighted by Gasteiger charge is 2.18. The van der Waals surface area contributed by atoms with Crippen LogP contribution in [-0.2, 0) is 4.79 Å². The SMILES string of the molecule is CCCCCCC/C=C\C/C=C\CCCCCCCCCCCCCCCCCCCCCC(=O)NC(CO)C(O)/C=C/CCCCCCCCCCCCCCCCCCCCCCCCCCCCCCCC. The molecule has 4 nitrogen and oxygen atoms in total. The number of carbonyl (C=O) groups is 1. The largest absolute Gasteiger partial charge is 0.394 e. The number of allylic oxidation sites excluding steroid dienone is 5. The van der Waals surface area contributed by atoms with Gasteiger partial charge in [0.25, 0.3) is 0 Å². The molecule has 0 rings (SSSR count). The second kappa shape index (κ2) is 66.9. The summed E-state index contributed by atoms with van der Waals surface area (Å²) in [5, 5.41) is 23.3. The third-order valence-electron chi connectivity index (χ3n) is 16.4. The lowest BCUT2D eigenvalue weighted by Crippen LogP contribution is -2.45. The Balaban J connectivity index is 3.42. The van der Waals surface area contributed by atoms with Crippen LogP contribution in [0, 0.1) is 0 Å². The van der Waals surface area contributed by atoms with Gasteiger partial charge in [-0.3, -0.25) is 4.79 Å². The Bertz CT molecular complexity index is 1150. The molecule has 4 heteroatoms. The summed E-state index contributed by atoms with van der Waals surface area (Å²) < 4.78 is 0. The van der Waals surface area contributed by atoms with Gasteiger partial charge in [-0.25, -0.2) is 0 Å². The summed E-state index contributed by atoms with van der Waals surface area (Å²) in [6.07, 6.45) is 92.3. The zero-order chi connectivity index (χ0) is 54.1. The number of unbranched alkanes of at least 4 members (excludes halogenated alkanes) is 54. The van der Waals surface area contributed by atoms with E-state index in [4.69, 9.17) is 0 Å². The first-order valence-electron chi connectivity index (χ1n) is 34.7. The van der Waals surface area contributed by atoms with Crippen molar-refractivity contribution in [1.82, 2.24) is 5.32 Å². The van der Waals surface area contributed by atoms with Gasteiger partial charge < -0.3 is 15.5 Å². The van der Waals surface area contributed by atoms with E-state index < -0.39 is 12.1 Å². The molecule has 0 fully saturated rings. The van der Waals surface area contributed by atoms with Crippen LogP contribution in [0.5, 0.6) is 0 Å². The highest BCUT2D eigenvalue weighted by Crippen LogP contribution is 2.19. The van der Waals surface area contributed by atoms with Crippen molar-refractivity contribution in [3.63, 3.8) is 0 Å². The monoisotopic (exact) mass is 1050 g/mol. The number of nitrogens with one attached hydrogen (secondary N) is 1. The lowest BCUT2D eigenvalue weighted by atomic mass is 10.0. The Kier molecular flexibility index (Phi) is 65.6. The van der Waals surface area contributed by atoms with Crippen molar-refractivity contribution >= 4 is 5.91 Å². The maximum atomic E-state index is 12.5. The van der Waals surface area contributed by atoms with Crippen molar-refractivity contribution in [3.05, 3.63) is 36.5 Å². The highest BCUT2D eigenvalue weighted by molar-refractivity contribution is 5.76. The number of amides is 1. The summed E-state index contributed by atoms with van der Waals surface area (Å²) in [7, 11) is 0. The van der Waals surface area contributed by atoms with E-state index in [2.05, 4.69) is 43.5 Å². The fourth-order valence-electron chi connectivity index (χ4n) is 11.1. The number of aliphatic hydroxyl groups excluding tert-OH is 2. The van der Waals surface area contributed by atoms with Gasteiger partial charge in [-0.2, -0.15) is 0 Å². The van der Waals surface area contributed by atoms with E-state index in [1.54, 1.807) is 6.08 Å². The van der Waals surface area contributed by atoms with Gasteiger partial charge in [0.1, 0.15) is 0 Å². The van der Waals surface area contributed by atoms with Gasteiger partial charge in [0.05, 0.1) is 18.8 Å². The predicted molar refractivity (Wildman–Crippen MR) is 336 cm³/mol. The molecular weight excluding hydrogens is 915 g/mol. The third kappa shape index (κ3) is 63.3. The standard InChI is InChI=1S/C71H137NO3/c1-3-5-7-9-11-13-15-17-19-21-23-25-27-29-31-33-35-37-38-40-42-44-46-48-50-52-54-56-58-60-62-64-66-70(74)69(68-73)72-71(75)67-65-63-61-59-57-55-53-51-49-47-45-43-41-39-36-34-32-30-28-26-24-22-20-18-16-14-12-10-8-6-4-2/h16,18,22,24,64,66,69-70,73-74H,3-15,17,19-21,23,25-63,65,67-68H2,1-2H3,(H,72,75)/b18-16-,24-22-,66-64+. The first-order chi connectivity index (χ1) is 37.2. The van der Waals surface area contributed by atoms with Gasteiger partial charge in [-0.05, 0) is 51.4 Å². The molecule has 0 heterocycles. The summed E-state index contributed by atoms with van der Waals surface area (Å²) in [5.74, 6) is -0.0561. The predicted octanol–water partition coefficient (Wildman–Crippen LogP) is 23.5. The Morgan fingerprint density at radius 2 is 0.547 bits per heavy atom. The maximum absolute atomic E-state index is 12.5. The molecule has 0 aromatic rings. The zero-order valence-electron chi connectivity index (χ0n) is 51.3. The second-order valence-electron chi connectivity index (χ2n) is 24.0. The number of hydrogen-bond acceptors (Lipinski definition) is 3. The molecule has 2 atom stereocenters. The molecule has 0 aliphatic rings. The molecule has 0 saturated heterocycles. The number of hydrogen-bond donors (Lipinski definition) is 3. The van der Waals surface area contributed by atoms with Crippen LogP contribution in [-0.4, -0.2) is 34.9 Å². The van der Waals surface area contributed by atoms with Gasteiger partial charge >= 0.3 is 0 Å². The van der Waals surface area contributed by atoms with Crippen LogP contribution in [0.1, 0.15) is 393 Å². The average Bonchev–Trinajstić information content (AvgIpc) is 3.41.